The second-order valence-corrected chi connectivity index (χ2v) is 19.1. The molecule has 0 saturated heterocycles. The van der Waals surface area contributed by atoms with Crippen molar-refractivity contribution in [1.82, 2.24) is 0 Å². The average Bonchev–Trinajstić information content (AvgIpc) is 2.84. The zero-order valence-electron chi connectivity index (χ0n) is 17.2. The van der Waals surface area contributed by atoms with Crippen LogP contribution in [0.3, 0.4) is 0 Å². The molecule has 0 N–H and O–H groups in total. The monoisotopic (exact) mass is 510 g/mol. The first-order valence-corrected chi connectivity index (χ1v) is 16.9. The van der Waals surface area contributed by atoms with Crippen LogP contribution in [0.25, 0.3) is 10.8 Å². The van der Waals surface area contributed by atoms with E-state index < -0.39 is 18.4 Å². The molecule has 5 aromatic rings. The van der Waals surface area contributed by atoms with Crippen molar-refractivity contribution in [3.8, 4) is 0 Å². The molecule has 0 aliphatic carbocycles. The first kappa shape index (κ1) is 20.0. The van der Waals surface area contributed by atoms with Crippen LogP contribution in [0, 0.1) is 5.82 Å². The van der Waals surface area contributed by atoms with Gasteiger partial charge in [0.05, 0.1) is 0 Å². The summed E-state index contributed by atoms with van der Waals surface area (Å²) in [5.41, 5.74) is 1.31. The number of fused-ring (bicyclic) bond motifs is 1. The van der Waals surface area contributed by atoms with Crippen LogP contribution in [0.2, 0.25) is 0 Å². The Morgan fingerprint density at radius 3 is 1.45 bits per heavy atom. The predicted octanol–water partition coefficient (Wildman–Crippen LogP) is 5.23. The molecular formula is C29H23FSn. The molecule has 5 aromatic carbocycles. The fourth-order valence-electron chi connectivity index (χ4n) is 4.66. The second kappa shape index (κ2) is 8.68. The van der Waals surface area contributed by atoms with E-state index in [4.69, 9.17) is 0 Å². The van der Waals surface area contributed by atoms with Gasteiger partial charge < -0.3 is 0 Å². The third-order valence-corrected chi connectivity index (χ3v) is 20.1. The Kier molecular flexibility index (Phi) is 5.60. The van der Waals surface area contributed by atoms with E-state index in [1.807, 2.05) is 6.07 Å². The van der Waals surface area contributed by atoms with Crippen LogP contribution in [-0.2, 0) is 4.44 Å². The van der Waals surface area contributed by atoms with Crippen molar-refractivity contribution in [2.75, 3.05) is 0 Å². The zero-order valence-corrected chi connectivity index (χ0v) is 20.1. The van der Waals surface area contributed by atoms with Crippen LogP contribution in [0.1, 0.15) is 5.56 Å². The Balaban J connectivity index is 1.75. The molecule has 2 heteroatoms. The van der Waals surface area contributed by atoms with Gasteiger partial charge in [-0.3, -0.25) is 0 Å². The Bertz CT molecular complexity index is 1200. The second-order valence-electron chi connectivity index (χ2n) is 8.01. The van der Waals surface area contributed by atoms with Crippen molar-refractivity contribution in [1.29, 1.82) is 0 Å². The number of halogens is 1. The van der Waals surface area contributed by atoms with E-state index in [1.54, 1.807) is 12.1 Å². The molecule has 0 unspecified atom stereocenters. The normalized spacial score (nSPS) is 11.5. The fraction of sp³-hybridized carbons (Fsp3) is 0.0345. The van der Waals surface area contributed by atoms with E-state index in [2.05, 4.69) is 109 Å². The Morgan fingerprint density at radius 1 is 0.484 bits per heavy atom. The van der Waals surface area contributed by atoms with Crippen molar-refractivity contribution in [3.05, 3.63) is 139 Å². The molecule has 0 aromatic heterocycles. The van der Waals surface area contributed by atoms with Crippen molar-refractivity contribution < 1.29 is 4.39 Å². The molecule has 31 heavy (non-hydrogen) atoms. The van der Waals surface area contributed by atoms with Crippen molar-refractivity contribution in [2.24, 2.45) is 0 Å². The van der Waals surface area contributed by atoms with Gasteiger partial charge in [0, 0.05) is 0 Å². The Labute approximate surface area is 186 Å². The van der Waals surface area contributed by atoms with Gasteiger partial charge in [-0.2, -0.15) is 0 Å². The summed E-state index contributed by atoms with van der Waals surface area (Å²) >= 11 is -3.36. The molecule has 0 bridgehead atoms. The molecule has 0 aliphatic rings. The number of rotatable bonds is 5. The third-order valence-electron chi connectivity index (χ3n) is 6.14. The fourth-order valence-corrected chi connectivity index (χ4v) is 18.2. The zero-order chi connectivity index (χ0) is 21.1. The summed E-state index contributed by atoms with van der Waals surface area (Å²) in [4.78, 5) is 0. The minimum atomic E-state index is -3.36. The maximum absolute atomic E-state index is 13.7. The van der Waals surface area contributed by atoms with Crippen molar-refractivity contribution in [3.63, 3.8) is 0 Å². The SMILES string of the molecule is Fc1ccc2cc([CH2][Sn]([c]3ccccc3)([c]3ccccc3)[c]3ccccc3)ccc2c1. The van der Waals surface area contributed by atoms with E-state index in [-0.39, 0.29) is 5.82 Å². The standard InChI is InChI=1S/C11H8F.3C6H5.Sn/c1-8-2-3-10-7-11(12)5-4-9(10)6-8;3*1-2-4-6-5-3-1;/h2-7H,1H2;3*1-5H;. The summed E-state index contributed by atoms with van der Waals surface area (Å²) in [6.45, 7) is 0. The van der Waals surface area contributed by atoms with E-state index >= 15 is 0 Å². The molecule has 0 amide bonds. The quantitative estimate of drug-likeness (QED) is 0.285. The number of hydrogen-bond acceptors (Lipinski definition) is 0. The summed E-state index contributed by atoms with van der Waals surface area (Å²) in [6, 6.07) is 44.7. The third kappa shape index (κ3) is 3.90. The van der Waals surface area contributed by atoms with Gasteiger partial charge >= 0.3 is 187 Å². The van der Waals surface area contributed by atoms with Crippen LogP contribution in [0.15, 0.2) is 127 Å². The van der Waals surface area contributed by atoms with Gasteiger partial charge in [-0.15, -0.1) is 0 Å². The molecule has 0 aliphatic heterocycles. The van der Waals surface area contributed by atoms with Crippen LogP contribution in [0.5, 0.6) is 0 Å². The predicted molar refractivity (Wildman–Crippen MR) is 132 cm³/mol. The van der Waals surface area contributed by atoms with Gasteiger partial charge in [0.2, 0.25) is 0 Å². The van der Waals surface area contributed by atoms with Gasteiger partial charge in [0.25, 0.3) is 0 Å². The van der Waals surface area contributed by atoms with Gasteiger partial charge in [0.15, 0.2) is 0 Å². The number of hydrogen-bond donors (Lipinski definition) is 0. The van der Waals surface area contributed by atoms with E-state index in [0.29, 0.717) is 0 Å². The molecule has 0 fully saturated rings. The Morgan fingerprint density at radius 2 is 0.935 bits per heavy atom. The first-order chi connectivity index (χ1) is 15.3. The van der Waals surface area contributed by atoms with Crippen molar-refractivity contribution in [2.45, 2.75) is 4.44 Å². The van der Waals surface area contributed by atoms with Gasteiger partial charge in [-0.1, -0.05) is 0 Å². The molecular weight excluding hydrogens is 486 g/mol. The van der Waals surface area contributed by atoms with Crippen molar-refractivity contribution >= 4 is 39.9 Å². The van der Waals surface area contributed by atoms with E-state index in [9.17, 15) is 4.39 Å². The summed E-state index contributed by atoms with van der Waals surface area (Å²) in [6.07, 6.45) is 0. The van der Waals surface area contributed by atoms with Crippen LogP contribution >= 0.6 is 0 Å². The van der Waals surface area contributed by atoms with Gasteiger partial charge in [-0.25, -0.2) is 0 Å². The molecule has 0 nitrogen and oxygen atoms in total. The van der Waals surface area contributed by atoms with Gasteiger partial charge in [0.1, 0.15) is 0 Å². The van der Waals surface area contributed by atoms with E-state index in [1.165, 1.54) is 16.3 Å². The number of benzene rings is 5. The summed E-state index contributed by atoms with van der Waals surface area (Å²) in [5, 5.41) is 2.04. The van der Waals surface area contributed by atoms with Crippen LogP contribution < -0.4 is 10.7 Å². The molecule has 0 heterocycles. The molecule has 5 rings (SSSR count). The molecule has 0 atom stereocenters. The van der Waals surface area contributed by atoms with Gasteiger partial charge in [-0.05, 0) is 0 Å². The molecule has 0 saturated carbocycles. The first-order valence-electron chi connectivity index (χ1n) is 10.6. The average molecular weight is 509 g/mol. The van der Waals surface area contributed by atoms with E-state index in [0.717, 1.165) is 15.2 Å². The molecule has 0 radical (unpaired) electrons. The molecule has 150 valence electrons. The summed E-state index contributed by atoms with van der Waals surface area (Å²) in [7, 11) is 0. The summed E-state index contributed by atoms with van der Waals surface area (Å²) in [5.74, 6) is -0.188. The topological polar surface area (TPSA) is 0 Å². The van der Waals surface area contributed by atoms with Crippen LogP contribution in [-0.4, -0.2) is 18.4 Å². The summed E-state index contributed by atoms with van der Waals surface area (Å²) < 4.78 is 19.1. The maximum atomic E-state index is 13.7. The molecule has 0 spiro atoms. The Hall–Kier alpha value is -2.91. The minimum absolute atomic E-state index is 0.188. The van der Waals surface area contributed by atoms with Crippen LogP contribution in [0.4, 0.5) is 4.39 Å².